The SMILES string of the molecule is O=C(O)Cc1cc(C(=O)N2CCN(S(=O)(=O)c3ccccc3)CC2)c2cc(C(F)(F)F)ccc2c1. The fourth-order valence-electron chi connectivity index (χ4n) is 4.09. The number of piperazine rings is 1. The predicted molar refractivity (Wildman–Crippen MR) is 121 cm³/mol. The molecule has 1 aliphatic heterocycles. The number of aliphatic carboxylic acids is 1. The minimum Gasteiger partial charge on any atom is -0.481 e. The van der Waals surface area contributed by atoms with Crippen LogP contribution in [0.15, 0.2) is 65.6 Å². The number of alkyl halides is 3. The molecule has 0 aromatic heterocycles. The van der Waals surface area contributed by atoms with E-state index in [1.807, 2.05) is 0 Å². The smallest absolute Gasteiger partial charge is 0.416 e. The molecule has 0 unspecified atom stereocenters. The van der Waals surface area contributed by atoms with Crippen LogP contribution in [-0.2, 0) is 27.4 Å². The number of amides is 1. The zero-order valence-electron chi connectivity index (χ0n) is 18.3. The maximum Gasteiger partial charge on any atom is 0.416 e. The van der Waals surface area contributed by atoms with E-state index >= 15 is 0 Å². The first-order valence-electron chi connectivity index (χ1n) is 10.7. The summed E-state index contributed by atoms with van der Waals surface area (Å²) in [7, 11) is -3.75. The van der Waals surface area contributed by atoms with E-state index in [4.69, 9.17) is 5.11 Å². The van der Waals surface area contributed by atoms with Crippen LogP contribution in [-0.4, -0.2) is 60.8 Å². The molecule has 1 aliphatic rings. The topological polar surface area (TPSA) is 95.0 Å². The van der Waals surface area contributed by atoms with Gasteiger partial charge in [0.25, 0.3) is 5.91 Å². The molecule has 0 aliphatic carbocycles. The van der Waals surface area contributed by atoms with Gasteiger partial charge < -0.3 is 10.0 Å². The maximum absolute atomic E-state index is 13.4. The van der Waals surface area contributed by atoms with Crippen LogP contribution in [0.1, 0.15) is 21.5 Å². The zero-order valence-corrected chi connectivity index (χ0v) is 19.1. The summed E-state index contributed by atoms with van der Waals surface area (Å²) >= 11 is 0. The number of carbonyl (C=O) groups excluding carboxylic acids is 1. The Morgan fingerprint density at radius 3 is 2.17 bits per heavy atom. The summed E-state index contributed by atoms with van der Waals surface area (Å²) in [6.45, 7) is 0.107. The standard InChI is InChI=1S/C24H21F3N2O5S/c25-24(26,27)18-7-6-17-12-16(14-22(30)31)13-21(20(17)15-18)23(32)28-8-10-29(11-9-28)35(33,34)19-4-2-1-3-5-19/h1-7,12-13,15H,8-11,14H2,(H,30,31). The number of hydrogen-bond acceptors (Lipinski definition) is 4. The number of fused-ring (bicyclic) bond motifs is 1. The fraction of sp³-hybridized carbons (Fsp3) is 0.250. The van der Waals surface area contributed by atoms with Crippen molar-refractivity contribution in [2.24, 2.45) is 0 Å². The van der Waals surface area contributed by atoms with Crippen LogP contribution in [0.2, 0.25) is 0 Å². The van der Waals surface area contributed by atoms with Crippen LogP contribution in [0.5, 0.6) is 0 Å². The second-order valence-corrected chi connectivity index (χ2v) is 10.1. The summed E-state index contributed by atoms with van der Waals surface area (Å²) in [5, 5.41) is 9.53. The van der Waals surface area contributed by atoms with Crippen molar-refractivity contribution < 1.29 is 36.3 Å². The third-order valence-corrected chi connectivity index (χ3v) is 7.75. The molecule has 1 amide bonds. The first-order valence-corrected chi connectivity index (χ1v) is 12.1. The van der Waals surface area contributed by atoms with E-state index in [0.717, 1.165) is 12.1 Å². The Morgan fingerprint density at radius 2 is 1.57 bits per heavy atom. The molecule has 1 heterocycles. The van der Waals surface area contributed by atoms with Crippen LogP contribution in [0.25, 0.3) is 10.8 Å². The van der Waals surface area contributed by atoms with Gasteiger partial charge in [-0.25, -0.2) is 8.42 Å². The van der Waals surface area contributed by atoms with Gasteiger partial charge in [0.1, 0.15) is 0 Å². The Morgan fingerprint density at radius 1 is 0.914 bits per heavy atom. The lowest BCUT2D eigenvalue weighted by atomic mass is 9.96. The van der Waals surface area contributed by atoms with Gasteiger partial charge in [0, 0.05) is 31.7 Å². The summed E-state index contributed by atoms with van der Waals surface area (Å²) in [6.07, 6.45) is -5.02. The highest BCUT2D eigenvalue weighted by molar-refractivity contribution is 7.89. The minimum absolute atomic E-state index is 0.0174. The average Bonchev–Trinajstić information content (AvgIpc) is 2.82. The molecule has 1 N–H and O–H groups in total. The van der Waals surface area contributed by atoms with Crippen LogP contribution < -0.4 is 0 Å². The first kappa shape index (κ1) is 24.7. The maximum atomic E-state index is 13.4. The molecule has 3 aromatic rings. The lowest BCUT2D eigenvalue weighted by Crippen LogP contribution is -2.50. The molecule has 0 bridgehead atoms. The highest BCUT2D eigenvalue weighted by atomic mass is 32.2. The number of carboxylic acids is 1. The van der Waals surface area contributed by atoms with Crippen molar-refractivity contribution in [1.82, 2.24) is 9.21 Å². The highest BCUT2D eigenvalue weighted by Crippen LogP contribution is 2.33. The molecule has 7 nitrogen and oxygen atoms in total. The van der Waals surface area contributed by atoms with Crippen molar-refractivity contribution in [2.45, 2.75) is 17.5 Å². The number of carboxylic acid groups (broad SMARTS) is 1. The van der Waals surface area contributed by atoms with E-state index in [1.165, 1.54) is 39.5 Å². The normalized spacial score (nSPS) is 15.3. The van der Waals surface area contributed by atoms with E-state index in [-0.39, 0.29) is 47.6 Å². The van der Waals surface area contributed by atoms with Crippen molar-refractivity contribution in [1.29, 1.82) is 0 Å². The van der Waals surface area contributed by atoms with E-state index in [0.29, 0.717) is 5.39 Å². The quantitative estimate of drug-likeness (QED) is 0.570. The van der Waals surface area contributed by atoms with Gasteiger partial charge in [0.15, 0.2) is 0 Å². The number of benzene rings is 3. The Hall–Kier alpha value is -3.44. The number of hydrogen-bond donors (Lipinski definition) is 1. The number of halogens is 3. The Balaban J connectivity index is 1.64. The molecule has 0 radical (unpaired) electrons. The zero-order chi connectivity index (χ0) is 25.4. The van der Waals surface area contributed by atoms with E-state index in [2.05, 4.69) is 0 Å². The van der Waals surface area contributed by atoms with Crippen molar-refractivity contribution in [3.63, 3.8) is 0 Å². The van der Waals surface area contributed by atoms with Gasteiger partial charge in [-0.15, -0.1) is 0 Å². The Labute approximate surface area is 199 Å². The van der Waals surface area contributed by atoms with Gasteiger partial charge in [-0.3, -0.25) is 9.59 Å². The molecule has 35 heavy (non-hydrogen) atoms. The number of carbonyl (C=O) groups is 2. The van der Waals surface area contributed by atoms with E-state index in [1.54, 1.807) is 18.2 Å². The number of sulfonamides is 1. The van der Waals surface area contributed by atoms with E-state index in [9.17, 15) is 31.2 Å². The molecule has 184 valence electrons. The van der Waals surface area contributed by atoms with Crippen molar-refractivity contribution in [3.05, 3.63) is 77.4 Å². The summed E-state index contributed by atoms with van der Waals surface area (Å²) in [5.74, 6) is -1.73. The van der Waals surface area contributed by atoms with Crippen LogP contribution in [0, 0.1) is 0 Å². The lowest BCUT2D eigenvalue weighted by Gasteiger charge is -2.34. The second kappa shape index (κ2) is 9.31. The van der Waals surface area contributed by atoms with Crippen molar-refractivity contribution >= 4 is 32.7 Å². The molecule has 3 aromatic carbocycles. The monoisotopic (exact) mass is 506 g/mol. The predicted octanol–water partition coefficient (Wildman–Crippen LogP) is 3.63. The van der Waals surface area contributed by atoms with E-state index < -0.39 is 40.1 Å². The van der Waals surface area contributed by atoms with Crippen molar-refractivity contribution in [2.75, 3.05) is 26.2 Å². The molecule has 4 rings (SSSR count). The van der Waals surface area contributed by atoms with Gasteiger partial charge in [0.05, 0.1) is 16.9 Å². The summed E-state index contributed by atoms with van der Waals surface area (Å²) in [4.78, 5) is 26.1. The molecule has 1 fully saturated rings. The molecular weight excluding hydrogens is 485 g/mol. The molecule has 0 saturated carbocycles. The van der Waals surface area contributed by atoms with Gasteiger partial charge in [0.2, 0.25) is 10.0 Å². The van der Waals surface area contributed by atoms with Crippen LogP contribution in [0.3, 0.4) is 0 Å². The molecule has 0 spiro atoms. The average molecular weight is 507 g/mol. The van der Waals surface area contributed by atoms with Crippen LogP contribution in [0.4, 0.5) is 13.2 Å². The third-order valence-electron chi connectivity index (χ3n) is 5.83. The second-order valence-electron chi connectivity index (χ2n) is 8.16. The largest absolute Gasteiger partial charge is 0.481 e. The van der Waals surface area contributed by atoms with Gasteiger partial charge in [-0.2, -0.15) is 17.5 Å². The molecule has 0 atom stereocenters. The van der Waals surface area contributed by atoms with Crippen LogP contribution >= 0.6 is 0 Å². The summed E-state index contributed by atoms with van der Waals surface area (Å²) < 4.78 is 66.9. The van der Waals surface area contributed by atoms with Gasteiger partial charge >= 0.3 is 12.1 Å². The Kier molecular flexibility index (Phi) is 6.56. The molecule has 11 heteroatoms. The summed E-state index contributed by atoms with van der Waals surface area (Å²) in [6, 6.07) is 13.6. The minimum atomic E-state index is -4.62. The van der Waals surface area contributed by atoms with Crippen molar-refractivity contribution in [3.8, 4) is 0 Å². The highest BCUT2D eigenvalue weighted by Gasteiger charge is 2.33. The summed E-state index contributed by atoms with van der Waals surface area (Å²) in [5.41, 5.74) is -0.702. The lowest BCUT2D eigenvalue weighted by molar-refractivity contribution is -0.138. The molecular formula is C24H21F3N2O5S. The first-order chi connectivity index (χ1) is 16.5. The molecule has 1 saturated heterocycles. The fourth-order valence-corrected chi connectivity index (χ4v) is 5.54. The number of nitrogens with zero attached hydrogens (tertiary/aromatic N) is 2. The number of rotatable bonds is 5. The third kappa shape index (κ3) is 5.15. The van der Waals surface area contributed by atoms with Gasteiger partial charge in [-0.1, -0.05) is 30.3 Å². The van der Waals surface area contributed by atoms with Gasteiger partial charge in [-0.05, 0) is 46.7 Å². The Bertz CT molecular complexity index is 1380.